The number of hydrogen-bond donors (Lipinski definition) is 1. The monoisotopic (exact) mass is 265 g/mol. The van der Waals surface area contributed by atoms with Gasteiger partial charge in [0.05, 0.1) is 12.7 Å². The first-order valence-corrected chi connectivity index (χ1v) is 7.02. The van der Waals surface area contributed by atoms with E-state index in [2.05, 4.69) is 24.0 Å². The zero-order valence-electron chi connectivity index (χ0n) is 12.6. The Morgan fingerprint density at radius 1 is 1.32 bits per heavy atom. The van der Waals surface area contributed by atoms with E-state index in [-0.39, 0.29) is 0 Å². The highest BCUT2D eigenvalue weighted by molar-refractivity contribution is 5.28. The van der Waals surface area contributed by atoms with Crippen LogP contribution in [0.1, 0.15) is 32.8 Å². The van der Waals surface area contributed by atoms with E-state index in [4.69, 9.17) is 4.74 Å². The molecule has 19 heavy (non-hydrogen) atoms. The van der Waals surface area contributed by atoms with Crippen LogP contribution in [0.25, 0.3) is 0 Å². The molecule has 0 aromatic heterocycles. The molecule has 0 saturated heterocycles. The van der Waals surface area contributed by atoms with Gasteiger partial charge in [-0.05, 0) is 57.5 Å². The van der Waals surface area contributed by atoms with E-state index in [0.29, 0.717) is 0 Å². The molecule has 0 saturated carbocycles. The Morgan fingerprint density at radius 2 is 2.05 bits per heavy atom. The predicted octanol–water partition coefficient (Wildman–Crippen LogP) is 2.72. The summed E-state index contributed by atoms with van der Waals surface area (Å²) in [6.45, 7) is 8.56. The molecule has 108 valence electrons. The van der Waals surface area contributed by atoms with Crippen molar-refractivity contribution in [2.75, 3.05) is 26.7 Å². The molecule has 3 nitrogen and oxygen atoms in total. The smallest absolute Gasteiger partial charge is 0.119 e. The van der Waals surface area contributed by atoms with Gasteiger partial charge in [-0.1, -0.05) is 19.1 Å². The second-order valence-corrected chi connectivity index (χ2v) is 5.64. The third-order valence-corrected chi connectivity index (χ3v) is 3.13. The molecule has 0 heterocycles. The predicted molar refractivity (Wildman–Crippen MR) is 79.7 cm³/mol. The molecule has 0 unspecified atom stereocenters. The maximum absolute atomic E-state index is 9.85. The number of benzene rings is 1. The topological polar surface area (TPSA) is 32.7 Å². The Morgan fingerprint density at radius 3 is 2.63 bits per heavy atom. The second kappa shape index (κ2) is 7.51. The largest absolute Gasteiger partial charge is 0.497 e. The fourth-order valence-corrected chi connectivity index (χ4v) is 2.23. The molecular weight excluding hydrogens is 238 g/mol. The number of nitrogens with zero attached hydrogens (tertiary/aromatic N) is 1. The zero-order valence-corrected chi connectivity index (χ0v) is 12.6. The first-order chi connectivity index (χ1) is 8.94. The molecule has 1 rings (SSSR count). The zero-order chi connectivity index (χ0) is 14.3. The summed E-state index contributed by atoms with van der Waals surface area (Å²) in [4.78, 5) is 2.29. The van der Waals surface area contributed by atoms with Gasteiger partial charge in [0, 0.05) is 6.54 Å². The van der Waals surface area contributed by atoms with E-state index in [1.807, 2.05) is 26.0 Å². The number of likely N-dealkylation sites (N-methyl/N-ethyl adjacent to an activating group) is 1. The minimum atomic E-state index is -0.619. The summed E-state index contributed by atoms with van der Waals surface area (Å²) in [5.74, 6) is 0.918. The molecule has 0 aliphatic carbocycles. The van der Waals surface area contributed by atoms with Gasteiger partial charge in [-0.15, -0.1) is 0 Å². The van der Waals surface area contributed by atoms with Crippen LogP contribution in [0.3, 0.4) is 0 Å². The minimum absolute atomic E-state index is 0.619. The highest BCUT2D eigenvalue weighted by atomic mass is 16.5. The molecule has 0 bridgehead atoms. The van der Waals surface area contributed by atoms with E-state index in [1.165, 1.54) is 5.56 Å². The van der Waals surface area contributed by atoms with Crippen molar-refractivity contribution in [3.8, 4) is 5.75 Å². The van der Waals surface area contributed by atoms with Gasteiger partial charge in [0.1, 0.15) is 5.75 Å². The van der Waals surface area contributed by atoms with Crippen LogP contribution < -0.4 is 4.74 Å². The molecule has 0 aliphatic rings. The maximum atomic E-state index is 9.85. The summed E-state index contributed by atoms with van der Waals surface area (Å²) in [7, 11) is 1.70. The normalized spacial score (nSPS) is 11.9. The van der Waals surface area contributed by atoms with Crippen LogP contribution >= 0.6 is 0 Å². The van der Waals surface area contributed by atoms with Crippen molar-refractivity contribution in [3.63, 3.8) is 0 Å². The lowest BCUT2D eigenvalue weighted by Crippen LogP contribution is -2.39. The van der Waals surface area contributed by atoms with Crippen LogP contribution in [-0.4, -0.2) is 42.4 Å². The first-order valence-electron chi connectivity index (χ1n) is 7.02. The Labute approximate surface area is 117 Å². The fraction of sp³-hybridized carbons (Fsp3) is 0.625. The van der Waals surface area contributed by atoms with Crippen LogP contribution in [0, 0.1) is 0 Å². The summed E-state index contributed by atoms with van der Waals surface area (Å²) in [5, 5.41) is 9.85. The summed E-state index contributed by atoms with van der Waals surface area (Å²) < 4.78 is 5.23. The molecular formula is C16H27NO2. The number of rotatable bonds is 8. The molecule has 1 aromatic carbocycles. The van der Waals surface area contributed by atoms with Gasteiger partial charge in [-0.25, -0.2) is 0 Å². The number of aliphatic hydroxyl groups is 1. The van der Waals surface area contributed by atoms with Crippen LogP contribution in [0.4, 0.5) is 0 Å². The van der Waals surface area contributed by atoms with Gasteiger partial charge < -0.3 is 14.7 Å². The summed E-state index contributed by atoms with van der Waals surface area (Å²) in [6.07, 6.45) is 2.14. The average Bonchev–Trinajstić information content (AvgIpc) is 2.36. The Kier molecular flexibility index (Phi) is 6.32. The van der Waals surface area contributed by atoms with Crippen LogP contribution in [-0.2, 0) is 6.42 Å². The van der Waals surface area contributed by atoms with Gasteiger partial charge in [-0.3, -0.25) is 0 Å². The van der Waals surface area contributed by atoms with Crippen molar-refractivity contribution in [2.24, 2.45) is 0 Å². The molecule has 0 aliphatic heterocycles. The van der Waals surface area contributed by atoms with Gasteiger partial charge in [0.25, 0.3) is 0 Å². The molecule has 0 amide bonds. The van der Waals surface area contributed by atoms with Crippen LogP contribution in [0.5, 0.6) is 5.75 Å². The van der Waals surface area contributed by atoms with Gasteiger partial charge in [0.15, 0.2) is 0 Å². The van der Waals surface area contributed by atoms with Crippen molar-refractivity contribution in [1.82, 2.24) is 4.90 Å². The van der Waals surface area contributed by atoms with E-state index in [1.54, 1.807) is 7.11 Å². The van der Waals surface area contributed by atoms with Crippen molar-refractivity contribution in [2.45, 2.75) is 39.2 Å². The average molecular weight is 265 g/mol. The SMILES string of the molecule is CCN(CCCc1cccc(OC)c1)CC(C)(C)O. The lowest BCUT2D eigenvalue weighted by atomic mass is 10.1. The van der Waals surface area contributed by atoms with E-state index >= 15 is 0 Å². The molecule has 0 spiro atoms. The van der Waals surface area contributed by atoms with Gasteiger partial charge >= 0.3 is 0 Å². The van der Waals surface area contributed by atoms with E-state index in [9.17, 15) is 5.11 Å². The fourth-order valence-electron chi connectivity index (χ4n) is 2.23. The third-order valence-electron chi connectivity index (χ3n) is 3.13. The van der Waals surface area contributed by atoms with Crippen molar-refractivity contribution >= 4 is 0 Å². The minimum Gasteiger partial charge on any atom is -0.497 e. The molecule has 0 atom stereocenters. The molecule has 0 fully saturated rings. The van der Waals surface area contributed by atoms with Crippen LogP contribution in [0.2, 0.25) is 0 Å². The molecule has 1 N–H and O–H groups in total. The first kappa shape index (κ1) is 16.0. The highest BCUT2D eigenvalue weighted by Gasteiger charge is 2.16. The number of ether oxygens (including phenoxy) is 1. The Bertz CT molecular complexity index is 371. The van der Waals surface area contributed by atoms with Gasteiger partial charge in [0.2, 0.25) is 0 Å². The quantitative estimate of drug-likeness (QED) is 0.784. The van der Waals surface area contributed by atoms with Gasteiger partial charge in [-0.2, -0.15) is 0 Å². The van der Waals surface area contributed by atoms with Crippen molar-refractivity contribution in [3.05, 3.63) is 29.8 Å². The maximum Gasteiger partial charge on any atom is 0.119 e. The van der Waals surface area contributed by atoms with Crippen molar-refractivity contribution < 1.29 is 9.84 Å². The number of methoxy groups -OCH3 is 1. The summed E-state index contributed by atoms with van der Waals surface area (Å²) in [5.41, 5.74) is 0.685. The van der Waals surface area contributed by atoms with E-state index < -0.39 is 5.60 Å². The molecule has 3 heteroatoms. The lowest BCUT2D eigenvalue weighted by Gasteiger charge is -2.27. The highest BCUT2D eigenvalue weighted by Crippen LogP contribution is 2.14. The Hall–Kier alpha value is -1.06. The third kappa shape index (κ3) is 6.60. The lowest BCUT2D eigenvalue weighted by molar-refractivity contribution is 0.0376. The number of hydrogen-bond acceptors (Lipinski definition) is 3. The number of aryl methyl sites for hydroxylation is 1. The van der Waals surface area contributed by atoms with E-state index in [0.717, 1.165) is 38.2 Å². The van der Waals surface area contributed by atoms with Crippen LogP contribution in [0.15, 0.2) is 24.3 Å². The van der Waals surface area contributed by atoms with Crippen molar-refractivity contribution in [1.29, 1.82) is 0 Å². The standard InChI is InChI=1S/C16H27NO2/c1-5-17(13-16(2,3)18)11-7-9-14-8-6-10-15(12-14)19-4/h6,8,10,12,18H,5,7,9,11,13H2,1-4H3. The molecule has 1 aromatic rings. The Balaban J connectivity index is 2.39. The second-order valence-electron chi connectivity index (χ2n) is 5.64. The summed E-state index contributed by atoms with van der Waals surface area (Å²) >= 11 is 0. The molecule has 0 radical (unpaired) electrons. The summed E-state index contributed by atoms with van der Waals surface area (Å²) in [6, 6.07) is 8.22.